The van der Waals surface area contributed by atoms with Crippen LogP contribution in [0.2, 0.25) is 0 Å². The first-order valence-corrected chi connectivity index (χ1v) is 6.07. The highest BCUT2D eigenvalue weighted by Crippen LogP contribution is 2.28. The van der Waals surface area contributed by atoms with E-state index >= 15 is 0 Å². The second-order valence-corrected chi connectivity index (χ2v) is 4.27. The van der Waals surface area contributed by atoms with E-state index in [1.54, 1.807) is 21.3 Å². The Morgan fingerprint density at radius 3 is 2.00 bits per heavy atom. The van der Waals surface area contributed by atoms with Crippen LogP contribution >= 0.6 is 0 Å². The van der Waals surface area contributed by atoms with Crippen LogP contribution in [0, 0.1) is 0 Å². The maximum atomic E-state index is 5.31. The third kappa shape index (κ3) is 3.89. The van der Waals surface area contributed by atoms with Gasteiger partial charge in [0.25, 0.3) is 0 Å². The molecular formula is C14H23NO3. The lowest BCUT2D eigenvalue weighted by atomic mass is 10.0. The second-order valence-electron chi connectivity index (χ2n) is 4.27. The largest absolute Gasteiger partial charge is 0.497 e. The molecule has 102 valence electrons. The standard InChI is InChI=1S/C14H23NO3/c1-10(16-3)6-14(15-2)11-7-12(17-4)9-13(8-11)18-5/h7-10,14-15H,6H2,1-5H3. The fourth-order valence-electron chi connectivity index (χ4n) is 1.88. The summed E-state index contributed by atoms with van der Waals surface area (Å²) < 4.78 is 15.9. The molecule has 0 amide bonds. The smallest absolute Gasteiger partial charge is 0.122 e. The number of rotatable bonds is 7. The molecular weight excluding hydrogens is 230 g/mol. The van der Waals surface area contributed by atoms with E-state index in [2.05, 4.69) is 12.2 Å². The SMILES string of the molecule is CNC(CC(C)OC)c1cc(OC)cc(OC)c1. The number of methoxy groups -OCH3 is 3. The first-order valence-electron chi connectivity index (χ1n) is 6.07. The Labute approximate surface area is 109 Å². The molecule has 0 saturated carbocycles. The highest BCUT2D eigenvalue weighted by molar-refractivity contribution is 5.39. The Hall–Kier alpha value is -1.26. The van der Waals surface area contributed by atoms with Crippen LogP contribution in [-0.4, -0.2) is 34.5 Å². The van der Waals surface area contributed by atoms with E-state index in [-0.39, 0.29) is 12.1 Å². The lowest BCUT2D eigenvalue weighted by Crippen LogP contribution is -2.22. The van der Waals surface area contributed by atoms with Crippen molar-refractivity contribution in [2.45, 2.75) is 25.5 Å². The van der Waals surface area contributed by atoms with Gasteiger partial charge >= 0.3 is 0 Å². The topological polar surface area (TPSA) is 39.7 Å². The van der Waals surface area contributed by atoms with Gasteiger partial charge in [0.15, 0.2) is 0 Å². The van der Waals surface area contributed by atoms with Gasteiger partial charge in [0, 0.05) is 19.2 Å². The number of hydrogen-bond acceptors (Lipinski definition) is 4. The molecule has 0 aliphatic rings. The number of hydrogen-bond donors (Lipinski definition) is 1. The lowest BCUT2D eigenvalue weighted by Gasteiger charge is -2.21. The van der Waals surface area contributed by atoms with Crippen molar-refractivity contribution in [3.8, 4) is 11.5 Å². The average molecular weight is 253 g/mol. The van der Waals surface area contributed by atoms with Crippen molar-refractivity contribution in [1.29, 1.82) is 0 Å². The lowest BCUT2D eigenvalue weighted by molar-refractivity contribution is 0.101. The zero-order chi connectivity index (χ0) is 13.5. The van der Waals surface area contributed by atoms with Gasteiger partial charge in [-0.25, -0.2) is 0 Å². The maximum Gasteiger partial charge on any atom is 0.122 e. The number of ether oxygens (including phenoxy) is 3. The zero-order valence-corrected chi connectivity index (χ0v) is 11.8. The molecule has 0 radical (unpaired) electrons. The number of nitrogens with one attached hydrogen (secondary N) is 1. The van der Waals surface area contributed by atoms with Crippen molar-refractivity contribution < 1.29 is 14.2 Å². The molecule has 0 heterocycles. The van der Waals surface area contributed by atoms with Crippen LogP contribution in [0.1, 0.15) is 24.9 Å². The minimum absolute atomic E-state index is 0.194. The summed E-state index contributed by atoms with van der Waals surface area (Å²) in [6, 6.07) is 6.12. The second kappa shape index (κ2) is 7.24. The van der Waals surface area contributed by atoms with Crippen LogP contribution in [0.5, 0.6) is 11.5 Å². The Bertz CT molecular complexity index is 346. The molecule has 1 aromatic rings. The molecule has 0 aliphatic heterocycles. The molecule has 4 nitrogen and oxygen atoms in total. The van der Waals surface area contributed by atoms with Crippen molar-refractivity contribution in [2.75, 3.05) is 28.4 Å². The number of benzene rings is 1. The van der Waals surface area contributed by atoms with Crippen molar-refractivity contribution >= 4 is 0 Å². The molecule has 1 rings (SSSR count). The van der Waals surface area contributed by atoms with Gasteiger partial charge in [-0.3, -0.25) is 0 Å². The zero-order valence-electron chi connectivity index (χ0n) is 11.8. The molecule has 0 saturated heterocycles. The van der Waals surface area contributed by atoms with E-state index < -0.39 is 0 Å². The summed E-state index contributed by atoms with van der Waals surface area (Å²) in [5.74, 6) is 1.60. The monoisotopic (exact) mass is 253 g/mol. The summed E-state index contributed by atoms with van der Waals surface area (Å²) >= 11 is 0. The van der Waals surface area contributed by atoms with E-state index in [1.807, 2.05) is 25.2 Å². The van der Waals surface area contributed by atoms with Gasteiger partial charge < -0.3 is 19.5 Å². The van der Waals surface area contributed by atoms with E-state index in [0.717, 1.165) is 23.5 Å². The van der Waals surface area contributed by atoms with Crippen LogP contribution in [0.3, 0.4) is 0 Å². The average Bonchev–Trinajstić information content (AvgIpc) is 2.43. The minimum Gasteiger partial charge on any atom is -0.497 e. The molecule has 1 N–H and O–H groups in total. The Balaban J connectivity index is 2.96. The van der Waals surface area contributed by atoms with Gasteiger partial charge in [-0.15, -0.1) is 0 Å². The molecule has 0 bridgehead atoms. The third-order valence-electron chi connectivity index (χ3n) is 3.09. The normalized spacial score (nSPS) is 14.1. The van der Waals surface area contributed by atoms with E-state index in [9.17, 15) is 0 Å². The summed E-state index contributed by atoms with van der Waals surface area (Å²) in [5, 5.41) is 3.30. The summed E-state index contributed by atoms with van der Waals surface area (Å²) in [5.41, 5.74) is 1.14. The summed E-state index contributed by atoms with van der Waals surface area (Å²) in [6.45, 7) is 2.06. The molecule has 18 heavy (non-hydrogen) atoms. The first-order chi connectivity index (χ1) is 8.64. The van der Waals surface area contributed by atoms with Crippen LogP contribution in [0.25, 0.3) is 0 Å². The molecule has 2 unspecified atom stereocenters. The molecule has 0 fully saturated rings. The molecule has 2 atom stereocenters. The van der Waals surface area contributed by atoms with E-state index in [1.165, 1.54) is 0 Å². The van der Waals surface area contributed by atoms with Gasteiger partial charge in [0.05, 0.1) is 20.3 Å². The third-order valence-corrected chi connectivity index (χ3v) is 3.09. The predicted molar refractivity (Wildman–Crippen MR) is 72.4 cm³/mol. The van der Waals surface area contributed by atoms with Crippen molar-refractivity contribution in [3.05, 3.63) is 23.8 Å². The predicted octanol–water partition coefficient (Wildman–Crippen LogP) is 2.39. The van der Waals surface area contributed by atoms with Crippen molar-refractivity contribution in [3.63, 3.8) is 0 Å². The molecule has 0 aliphatic carbocycles. The van der Waals surface area contributed by atoms with Gasteiger partial charge in [-0.05, 0) is 38.1 Å². The van der Waals surface area contributed by atoms with Gasteiger partial charge in [0.1, 0.15) is 11.5 Å². The highest BCUT2D eigenvalue weighted by Gasteiger charge is 2.15. The molecule has 0 aromatic heterocycles. The quantitative estimate of drug-likeness (QED) is 0.810. The molecule has 0 spiro atoms. The van der Waals surface area contributed by atoms with Crippen LogP contribution in [-0.2, 0) is 4.74 Å². The molecule has 4 heteroatoms. The molecule has 1 aromatic carbocycles. The van der Waals surface area contributed by atoms with Crippen LogP contribution in [0.15, 0.2) is 18.2 Å². The van der Waals surface area contributed by atoms with Gasteiger partial charge in [-0.2, -0.15) is 0 Å². The van der Waals surface area contributed by atoms with E-state index in [4.69, 9.17) is 14.2 Å². The highest BCUT2D eigenvalue weighted by atomic mass is 16.5. The summed E-state index contributed by atoms with van der Waals surface area (Å²) in [7, 11) is 6.98. The minimum atomic E-state index is 0.194. The summed E-state index contributed by atoms with van der Waals surface area (Å²) in [4.78, 5) is 0. The fraction of sp³-hybridized carbons (Fsp3) is 0.571. The Morgan fingerprint density at radius 1 is 1.06 bits per heavy atom. The van der Waals surface area contributed by atoms with Crippen molar-refractivity contribution in [1.82, 2.24) is 5.32 Å². The van der Waals surface area contributed by atoms with Gasteiger partial charge in [-0.1, -0.05) is 0 Å². The first kappa shape index (κ1) is 14.8. The Morgan fingerprint density at radius 2 is 1.61 bits per heavy atom. The van der Waals surface area contributed by atoms with Gasteiger partial charge in [0.2, 0.25) is 0 Å². The van der Waals surface area contributed by atoms with Crippen LogP contribution < -0.4 is 14.8 Å². The van der Waals surface area contributed by atoms with Crippen molar-refractivity contribution in [2.24, 2.45) is 0 Å². The summed E-state index contributed by atoms with van der Waals surface area (Å²) in [6.07, 6.45) is 1.09. The van der Waals surface area contributed by atoms with Crippen LogP contribution in [0.4, 0.5) is 0 Å². The maximum absolute atomic E-state index is 5.31. The fourth-order valence-corrected chi connectivity index (χ4v) is 1.88. The van der Waals surface area contributed by atoms with E-state index in [0.29, 0.717) is 0 Å². The Kier molecular flexibility index (Phi) is 5.95.